The van der Waals surface area contributed by atoms with E-state index in [1.807, 2.05) is 6.07 Å². The molecule has 1 saturated carbocycles. The fourth-order valence-electron chi connectivity index (χ4n) is 3.03. The number of rotatable bonds is 6. The van der Waals surface area contributed by atoms with Crippen LogP contribution in [0.25, 0.3) is 0 Å². The number of carbonyl (C=O) groups excluding carboxylic acids is 1. The number of benzene rings is 1. The van der Waals surface area contributed by atoms with Crippen molar-refractivity contribution in [1.29, 1.82) is 0 Å². The Labute approximate surface area is 172 Å². The van der Waals surface area contributed by atoms with Crippen LogP contribution in [0.5, 0.6) is 5.75 Å². The van der Waals surface area contributed by atoms with Gasteiger partial charge in [0.1, 0.15) is 0 Å². The van der Waals surface area contributed by atoms with E-state index in [0.29, 0.717) is 12.4 Å². The Morgan fingerprint density at radius 1 is 1.15 bits per heavy atom. The summed E-state index contributed by atoms with van der Waals surface area (Å²) >= 11 is 0. The molecule has 1 aliphatic carbocycles. The summed E-state index contributed by atoms with van der Waals surface area (Å²) in [5, 5.41) is 0. The summed E-state index contributed by atoms with van der Waals surface area (Å²) in [6.45, 7) is 3.10. The Kier molecular flexibility index (Phi) is 13.5. The second-order valence-corrected chi connectivity index (χ2v) is 6.56. The molecule has 1 aromatic carbocycles. The molecule has 0 aliphatic heterocycles. The Hall–Kier alpha value is -1.06. The summed E-state index contributed by atoms with van der Waals surface area (Å²) < 4.78 is 9.60. The molecule has 0 spiro atoms. The van der Waals surface area contributed by atoms with Crippen LogP contribution in [0.3, 0.4) is 0 Å². The third kappa shape index (κ3) is 9.59. The molecular formula is C20H32N2O3Pd. The van der Waals surface area contributed by atoms with Gasteiger partial charge in [-0.05, 0) is 53.7 Å². The number of esters is 1. The van der Waals surface area contributed by atoms with Crippen molar-refractivity contribution in [3.8, 4) is 5.75 Å². The van der Waals surface area contributed by atoms with Crippen LogP contribution in [0, 0.1) is 12.7 Å². The maximum absolute atomic E-state index is 10.8. The molecule has 1 aromatic rings. The molecule has 26 heavy (non-hydrogen) atoms. The van der Waals surface area contributed by atoms with Crippen LogP contribution in [0.2, 0.25) is 0 Å². The predicted molar refractivity (Wildman–Crippen MR) is 100 cm³/mol. The first kappa shape index (κ1) is 24.9. The second kappa shape index (κ2) is 14.1. The van der Waals surface area contributed by atoms with Crippen LogP contribution < -0.4 is 4.74 Å². The van der Waals surface area contributed by atoms with Crippen LogP contribution >= 0.6 is 0 Å². The molecule has 1 aliphatic rings. The first-order valence-electron chi connectivity index (χ1n) is 8.91. The van der Waals surface area contributed by atoms with Gasteiger partial charge in [-0.1, -0.05) is 12.8 Å². The van der Waals surface area contributed by atoms with Gasteiger partial charge >= 0.3 is 20.4 Å². The van der Waals surface area contributed by atoms with Gasteiger partial charge < -0.3 is 19.3 Å². The topological polar surface area (TPSA) is 42.0 Å². The molecule has 0 radical (unpaired) electrons. The van der Waals surface area contributed by atoms with E-state index in [4.69, 9.17) is 4.74 Å². The standard InChI is InChI=1S/C10H22N2.C10H10O3.Pd/c1-11(2)9-7-5-6-8-10(9)12(3)4;1-2-12-10(11)8-13-9-6-4-3-5-7-9;/h9-10H,5-8H2,1-4H3;3-6,8H,2H2,1H3;/q;-2;+2/t9-,10-;;/m1../s1. The molecule has 2 atom stereocenters. The third-order valence-corrected chi connectivity index (χ3v) is 4.27. The minimum atomic E-state index is -0.486. The van der Waals surface area contributed by atoms with E-state index in [-0.39, 0.29) is 20.4 Å². The summed E-state index contributed by atoms with van der Waals surface area (Å²) in [7, 11) is 8.80. The molecule has 0 N–H and O–H groups in total. The van der Waals surface area contributed by atoms with Crippen molar-refractivity contribution in [1.82, 2.24) is 9.80 Å². The predicted octanol–water partition coefficient (Wildman–Crippen LogP) is 3.01. The van der Waals surface area contributed by atoms with Gasteiger partial charge in [-0.25, -0.2) is 0 Å². The molecule has 6 heteroatoms. The number of para-hydroxylation sites is 1. The van der Waals surface area contributed by atoms with Gasteiger partial charge in [0.15, 0.2) is 0 Å². The first-order valence-corrected chi connectivity index (χ1v) is 8.91. The van der Waals surface area contributed by atoms with Crippen LogP contribution in [0.1, 0.15) is 32.6 Å². The van der Waals surface area contributed by atoms with Crippen molar-refractivity contribution >= 4 is 5.97 Å². The number of hydrogen-bond acceptors (Lipinski definition) is 5. The number of ether oxygens (including phenoxy) is 2. The summed E-state index contributed by atoms with van der Waals surface area (Å²) in [6, 6.07) is 11.4. The normalized spacial score (nSPS) is 19.0. The molecule has 1 fully saturated rings. The third-order valence-electron chi connectivity index (χ3n) is 4.27. The summed E-state index contributed by atoms with van der Waals surface area (Å²) in [6.07, 6.45) is 5.56. The van der Waals surface area contributed by atoms with Gasteiger partial charge in [-0.2, -0.15) is 18.2 Å². The summed E-state index contributed by atoms with van der Waals surface area (Å²) in [4.78, 5) is 15.6. The fraction of sp³-hybridized carbons (Fsp3) is 0.600. The van der Waals surface area contributed by atoms with E-state index in [1.54, 1.807) is 25.1 Å². The van der Waals surface area contributed by atoms with Crippen LogP contribution in [-0.2, 0) is 30.0 Å². The van der Waals surface area contributed by atoms with Crippen molar-refractivity contribution in [2.24, 2.45) is 0 Å². The van der Waals surface area contributed by atoms with Crippen molar-refractivity contribution in [3.63, 3.8) is 0 Å². The Morgan fingerprint density at radius 2 is 1.73 bits per heavy atom. The Morgan fingerprint density at radius 3 is 2.15 bits per heavy atom. The Balaban J connectivity index is 0.000000464. The van der Waals surface area contributed by atoms with Gasteiger partial charge in [0.2, 0.25) is 5.97 Å². The molecule has 0 bridgehead atoms. The van der Waals surface area contributed by atoms with Crippen molar-refractivity contribution in [2.45, 2.75) is 44.7 Å². The molecule has 0 unspecified atom stereocenters. The van der Waals surface area contributed by atoms with Gasteiger partial charge in [0, 0.05) is 12.1 Å². The SMILES string of the molecule is CCOC(=O)[CH-]Oc1[c-]cccc1.CN(C)[C@@H]1CCCC[C@H]1N(C)C.[Pd+2]. The number of nitrogens with zero attached hydrogens (tertiary/aromatic N) is 2. The van der Waals surface area contributed by atoms with Gasteiger partial charge in [-0.15, -0.1) is 18.7 Å². The maximum atomic E-state index is 10.8. The zero-order valence-electron chi connectivity index (χ0n) is 16.5. The van der Waals surface area contributed by atoms with E-state index in [2.05, 4.69) is 48.8 Å². The molecule has 150 valence electrons. The number of carbonyl (C=O) groups is 1. The van der Waals surface area contributed by atoms with E-state index in [0.717, 1.165) is 18.7 Å². The molecular weight excluding hydrogens is 423 g/mol. The molecule has 0 aromatic heterocycles. The second-order valence-electron chi connectivity index (χ2n) is 6.56. The van der Waals surface area contributed by atoms with Crippen molar-refractivity contribution in [2.75, 3.05) is 34.8 Å². The monoisotopic (exact) mass is 454 g/mol. The van der Waals surface area contributed by atoms with Gasteiger partial charge in [0.05, 0.1) is 6.61 Å². The Bertz CT molecular complexity index is 467. The first-order chi connectivity index (χ1) is 12.0. The zero-order valence-corrected chi connectivity index (χ0v) is 18.1. The average Bonchev–Trinajstić information content (AvgIpc) is 2.61. The molecule has 2 rings (SSSR count). The number of likely N-dealkylation sites (N-methyl/N-ethyl adjacent to an activating group) is 2. The van der Waals surface area contributed by atoms with Crippen LogP contribution in [-0.4, -0.2) is 62.7 Å². The summed E-state index contributed by atoms with van der Waals surface area (Å²) in [5.74, 6) is 0.00954. The molecule has 5 nitrogen and oxygen atoms in total. The van der Waals surface area contributed by atoms with Gasteiger partial charge in [-0.3, -0.25) is 4.79 Å². The van der Waals surface area contributed by atoms with E-state index < -0.39 is 5.97 Å². The van der Waals surface area contributed by atoms with Crippen LogP contribution in [0.15, 0.2) is 24.3 Å². The zero-order chi connectivity index (χ0) is 18.7. The van der Waals surface area contributed by atoms with Crippen molar-refractivity contribution < 1.29 is 34.7 Å². The van der Waals surface area contributed by atoms with Crippen molar-refractivity contribution in [3.05, 3.63) is 36.9 Å². The van der Waals surface area contributed by atoms with Crippen LogP contribution in [0.4, 0.5) is 0 Å². The smallest absolute Gasteiger partial charge is 0.650 e. The average molecular weight is 455 g/mol. The van der Waals surface area contributed by atoms with E-state index in [9.17, 15) is 4.79 Å². The largest absolute Gasteiger partial charge is 2.00 e. The van der Waals surface area contributed by atoms with Gasteiger partial charge in [0.25, 0.3) is 0 Å². The van der Waals surface area contributed by atoms with E-state index in [1.165, 1.54) is 25.7 Å². The van der Waals surface area contributed by atoms with E-state index >= 15 is 0 Å². The maximum Gasteiger partial charge on any atom is 2.00 e. The minimum absolute atomic E-state index is 0. The molecule has 0 amide bonds. The minimum Gasteiger partial charge on any atom is -0.650 e. The molecule has 0 heterocycles. The quantitative estimate of drug-likeness (QED) is 0.375. The number of hydrogen-bond donors (Lipinski definition) is 0. The molecule has 0 saturated heterocycles. The fourth-order valence-corrected chi connectivity index (χ4v) is 3.03. The summed E-state index contributed by atoms with van der Waals surface area (Å²) in [5.41, 5.74) is 0.